The highest BCUT2D eigenvalue weighted by molar-refractivity contribution is 9.09. The van der Waals surface area contributed by atoms with Crippen LogP contribution in [0.5, 0.6) is 0 Å². The zero-order chi connectivity index (χ0) is 28.4. The Morgan fingerprint density at radius 1 is 1.10 bits per heavy atom. The number of hydrogen-bond acceptors (Lipinski definition) is 6. The summed E-state index contributed by atoms with van der Waals surface area (Å²) in [6.07, 6.45) is -4.35. The van der Waals surface area contributed by atoms with Crippen molar-refractivity contribution in [3.05, 3.63) is 77.4 Å². The highest BCUT2D eigenvalue weighted by Crippen LogP contribution is 2.34. The summed E-state index contributed by atoms with van der Waals surface area (Å²) in [4.78, 5) is 21.2. The summed E-state index contributed by atoms with van der Waals surface area (Å²) in [7, 11) is 0. The maximum absolute atomic E-state index is 12.8. The molecule has 1 amide bonds. The zero-order valence-electron chi connectivity index (χ0n) is 21.5. The van der Waals surface area contributed by atoms with Crippen molar-refractivity contribution in [2.24, 2.45) is 0 Å². The Balaban J connectivity index is 1.16. The fraction of sp³-hybridized carbons (Fsp3) is 0.276. The van der Waals surface area contributed by atoms with E-state index in [4.69, 9.17) is 4.42 Å². The lowest BCUT2D eigenvalue weighted by molar-refractivity contribution is -0.137. The van der Waals surface area contributed by atoms with Crippen molar-refractivity contribution in [3.8, 4) is 17.5 Å². The van der Waals surface area contributed by atoms with E-state index in [1.54, 1.807) is 24.3 Å². The fourth-order valence-electron chi connectivity index (χ4n) is 4.67. The molecule has 4 aromatic rings. The van der Waals surface area contributed by atoms with E-state index in [0.29, 0.717) is 54.4 Å². The largest absolute Gasteiger partial charge is 0.436 e. The van der Waals surface area contributed by atoms with Crippen molar-refractivity contribution in [3.63, 3.8) is 0 Å². The third-order valence-corrected chi connectivity index (χ3v) is 7.28. The number of rotatable bonds is 6. The van der Waals surface area contributed by atoms with Crippen LogP contribution >= 0.6 is 15.9 Å². The number of oxazole rings is 1. The molecule has 0 spiro atoms. The lowest BCUT2D eigenvalue weighted by atomic mass is 10.1. The van der Waals surface area contributed by atoms with Gasteiger partial charge in [-0.1, -0.05) is 15.9 Å². The Morgan fingerprint density at radius 3 is 2.38 bits per heavy atom. The maximum Gasteiger partial charge on any atom is 0.416 e. The van der Waals surface area contributed by atoms with Crippen molar-refractivity contribution >= 4 is 44.3 Å². The number of carbonyl (C=O) groups excluding carboxylic acids is 1. The summed E-state index contributed by atoms with van der Waals surface area (Å²) in [6, 6.07) is 18.0. The summed E-state index contributed by atoms with van der Waals surface area (Å²) < 4.78 is 44.5. The zero-order valence-corrected chi connectivity index (χ0v) is 23.1. The standard InChI is InChI=1S/C29H25BrF3N5O2/c1-18(30)24-14-19(16-34)15-25-27(24)40-28(36-25)20-2-6-22(7-3-20)35-26(39)17-37-10-12-38(13-11-37)23-8-4-21(5-9-23)29(31,32)33/h2-9,14-15,18H,10-13,17H2,1H3,(H,35,39). The summed E-state index contributed by atoms with van der Waals surface area (Å²) >= 11 is 3.54. The molecule has 1 saturated heterocycles. The number of nitrogens with one attached hydrogen (secondary N) is 1. The van der Waals surface area contributed by atoms with Gasteiger partial charge in [0.05, 0.1) is 23.7 Å². The van der Waals surface area contributed by atoms with Gasteiger partial charge in [0.15, 0.2) is 5.58 Å². The molecule has 1 aliphatic heterocycles. The molecule has 0 saturated carbocycles. The summed E-state index contributed by atoms with van der Waals surface area (Å²) in [6.45, 7) is 4.63. The number of anilines is 2. The maximum atomic E-state index is 12.8. The molecule has 11 heteroatoms. The van der Waals surface area contributed by atoms with E-state index in [2.05, 4.69) is 32.3 Å². The minimum Gasteiger partial charge on any atom is -0.436 e. The second kappa shape index (κ2) is 11.3. The van der Waals surface area contributed by atoms with Gasteiger partial charge in [0.25, 0.3) is 0 Å². The van der Waals surface area contributed by atoms with Gasteiger partial charge in [-0.25, -0.2) is 4.98 Å². The van der Waals surface area contributed by atoms with Gasteiger partial charge in [0, 0.05) is 53.5 Å². The normalized spacial score (nSPS) is 15.2. The smallest absolute Gasteiger partial charge is 0.416 e. The molecule has 5 rings (SSSR count). The van der Waals surface area contributed by atoms with Gasteiger partial charge in [-0.15, -0.1) is 0 Å². The van der Waals surface area contributed by atoms with Crippen molar-refractivity contribution in [2.45, 2.75) is 17.9 Å². The van der Waals surface area contributed by atoms with Crippen LogP contribution in [0.15, 0.2) is 65.1 Å². The van der Waals surface area contributed by atoms with E-state index in [9.17, 15) is 23.2 Å². The number of aromatic nitrogens is 1. The molecule has 1 aliphatic rings. The van der Waals surface area contributed by atoms with E-state index in [1.165, 1.54) is 12.1 Å². The van der Waals surface area contributed by atoms with Gasteiger partial charge in [0.1, 0.15) is 5.52 Å². The predicted octanol–water partition coefficient (Wildman–Crippen LogP) is 6.60. The van der Waals surface area contributed by atoms with Crippen molar-refractivity contribution < 1.29 is 22.4 Å². The number of benzene rings is 3. The molecule has 0 aliphatic carbocycles. The third kappa shape index (κ3) is 6.13. The summed E-state index contributed by atoms with van der Waals surface area (Å²) in [5.41, 5.74) is 4.01. The fourth-order valence-corrected chi connectivity index (χ4v) is 5.01. The molecule has 7 nitrogen and oxygen atoms in total. The number of halogens is 4. The number of nitrogens with zero attached hydrogens (tertiary/aromatic N) is 4. The lowest BCUT2D eigenvalue weighted by Crippen LogP contribution is -2.48. The van der Waals surface area contributed by atoms with Crippen LogP contribution in [0.25, 0.3) is 22.6 Å². The van der Waals surface area contributed by atoms with Crippen molar-refractivity contribution in [2.75, 3.05) is 42.9 Å². The number of amides is 1. The second-order valence-electron chi connectivity index (χ2n) is 9.59. The molecule has 1 unspecified atom stereocenters. The first-order chi connectivity index (χ1) is 19.1. The van der Waals surface area contributed by atoms with E-state index >= 15 is 0 Å². The van der Waals surface area contributed by atoms with E-state index < -0.39 is 11.7 Å². The van der Waals surface area contributed by atoms with Crippen LogP contribution in [0.1, 0.15) is 28.4 Å². The second-order valence-corrected chi connectivity index (χ2v) is 11.0. The van der Waals surface area contributed by atoms with Crippen molar-refractivity contribution in [1.82, 2.24) is 9.88 Å². The molecular formula is C29H25BrF3N5O2. The molecule has 1 atom stereocenters. The highest BCUT2D eigenvalue weighted by Gasteiger charge is 2.30. The molecule has 1 aromatic heterocycles. The van der Waals surface area contributed by atoms with E-state index in [-0.39, 0.29) is 17.3 Å². The third-order valence-electron chi connectivity index (χ3n) is 6.79. The Morgan fingerprint density at radius 2 is 1.77 bits per heavy atom. The average Bonchev–Trinajstić information content (AvgIpc) is 3.37. The minimum absolute atomic E-state index is 0.0190. The SMILES string of the molecule is CC(Br)c1cc(C#N)cc2nc(-c3ccc(NC(=O)CN4CCN(c5ccc(C(F)(F)F)cc5)CC4)cc3)oc12. The van der Waals surface area contributed by atoms with Crippen molar-refractivity contribution in [1.29, 1.82) is 5.26 Å². The monoisotopic (exact) mass is 611 g/mol. The van der Waals surface area contributed by atoms with Gasteiger partial charge in [0.2, 0.25) is 11.8 Å². The number of piperazine rings is 1. The first-order valence-electron chi connectivity index (χ1n) is 12.6. The highest BCUT2D eigenvalue weighted by atomic mass is 79.9. The topological polar surface area (TPSA) is 85.4 Å². The minimum atomic E-state index is -4.35. The van der Waals surface area contributed by atoms with Crippen LogP contribution in [0, 0.1) is 11.3 Å². The summed E-state index contributed by atoms with van der Waals surface area (Å²) in [5, 5.41) is 12.2. The first kappa shape index (κ1) is 27.7. The van der Waals surface area contributed by atoms with Crippen LogP contribution in [0.3, 0.4) is 0 Å². The predicted molar refractivity (Wildman–Crippen MR) is 150 cm³/mol. The summed E-state index contributed by atoms with van der Waals surface area (Å²) in [5.74, 6) is 0.265. The lowest BCUT2D eigenvalue weighted by Gasteiger charge is -2.35. The van der Waals surface area contributed by atoms with Crippen LogP contribution in [0.4, 0.5) is 24.5 Å². The molecule has 0 bridgehead atoms. The Labute approximate surface area is 237 Å². The number of fused-ring (bicyclic) bond motifs is 1. The van der Waals surface area contributed by atoms with Gasteiger partial charge in [-0.2, -0.15) is 18.4 Å². The quantitative estimate of drug-likeness (QED) is 0.247. The van der Waals surface area contributed by atoms with E-state index in [1.807, 2.05) is 28.9 Å². The van der Waals surface area contributed by atoms with Gasteiger partial charge in [-0.05, 0) is 67.6 Å². The number of nitriles is 1. The molecule has 206 valence electrons. The Bertz CT molecular complexity index is 1550. The number of carbonyl (C=O) groups is 1. The molecule has 40 heavy (non-hydrogen) atoms. The van der Waals surface area contributed by atoms with Gasteiger partial charge >= 0.3 is 6.18 Å². The van der Waals surface area contributed by atoms with Crippen LogP contribution < -0.4 is 10.2 Å². The first-order valence-corrected chi connectivity index (χ1v) is 13.6. The van der Waals surface area contributed by atoms with Crippen LogP contribution in [-0.4, -0.2) is 48.5 Å². The molecule has 3 aromatic carbocycles. The van der Waals surface area contributed by atoms with E-state index in [0.717, 1.165) is 28.9 Å². The molecule has 1 N–H and O–H groups in total. The number of hydrogen-bond donors (Lipinski definition) is 1. The van der Waals surface area contributed by atoms with Crippen LogP contribution in [-0.2, 0) is 11.0 Å². The number of alkyl halides is 4. The Kier molecular flexibility index (Phi) is 7.83. The molecule has 1 fully saturated rings. The van der Waals surface area contributed by atoms with Gasteiger partial charge < -0.3 is 14.6 Å². The molecule has 0 radical (unpaired) electrons. The molecule has 2 heterocycles. The van der Waals surface area contributed by atoms with Crippen LogP contribution in [0.2, 0.25) is 0 Å². The average molecular weight is 612 g/mol. The van der Waals surface area contributed by atoms with Gasteiger partial charge in [-0.3, -0.25) is 9.69 Å². The Hall–Kier alpha value is -3.88. The molecular weight excluding hydrogens is 587 g/mol.